The van der Waals surface area contributed by atoms with Gasteiger partial charge >= 0.3 is 5.97 Å². The first-order chi connectivity index (χ1) is 43.5. The van der Waals surface area contributed by atoms with Crippen molar-refractivity contribution in [3.8, 4) is 0 Å². The Labute approximate surface area is 551 Å². The Morgan fingerprint density at radius 1 is 0.307 bits per heavy atom. The fourth-order valence-corrected chi connectivity index (χ4v) is 13.0. The van der Waals surface area contributed by atoms with Gasteiger partial charge in [0.25, 0.3) is 0 Å². The molecule has 0 heterocycles. The van der Waals surface area contributed by atoms with Crippen molar-refractivity contribution in [2.24, 2.45) is 0 Å². The molecule has 0 rings (SSSR count). The van der Waals surface area contributed by atoms with E-state index < -0.39 is 12.1 Å². The van der Waals surface area contributed by atoms with E-state index in [1.165, 1.54) is 392 Å². The second-order valence-corrected chi connectivity index (χ2v) is 28.1. The Bertz CT molecular complexity index is 1380. The Kier molecular flexibility index (Phi) is 76.3. The van der Waals surface area contributed by atoms with Crippen molar-refractivity contribution >= 4 is 11.9 Å². The van der Waals surface area contributed by atoms with Gasteiger partial charge in [0.15, 0.2) is 0 Å². The summed E-state index contributed by atoms with van der Waals surface area (Å²) in [6.07, 6.45) is 99.8. The summed E-state index contributed by atoms with van der Waals surface area (Å²) in [6.45, 7) is 5.00. The van der Waals surface area contributed by atoms with Gasteiger partial charge in [-0.25, -0.2) is 0 Å². The summed E-state index contributed by atoms with van der Waals surface area (Å²) < 4.78 is 5.52. The lowest BCUT2D eigenvalue weighted by Gasteiger charge is -2.22. The lowest BCUT2D eigenvalue weighted by Crippen LogP contribution is -2.45. The second kappa shape index (κ2) is 77.8. The molecule has 0 aliphatic rings. The highest BCUT2D eigenvalue weighted by Gasteiger charge is 2.20. The predicted molar refractivity (Wildman–Crippen MR) is 389 cm³/mol. The van der Waals surface area contributed by atoms with Crippen molar-refractivity contribution in [3.63, 3.8) is 0 Å². The third kappa shape index (κ3) is 73.4. The van der Waals surface area contributed by atoms with Gasteiger partial charge in [-0.1, -0.05) is 398 Å². The number of nitrogens with one attached hydrogen (secondary N) is 1. The molecule has 0 spiro atoms. The van der Waals surface area contributed by atoms with E-state index in [4.69, 9.17) is 4.74 Å². The predicted octanol–water partition coefficient (Wildman–Crippen LogP) is 26.8. The Morgan fingerprint density at radius 2 is 0.534 bits per heavy atom. The highest BCUT2D eigenvalue weighted by atomic mass is 16.5. The summed E-state index contributed by atoms with van der Waals surface area (Å²) in [5.41, 5.74) is 0. The minimum absolute atomic E-state index is 0.0167. The number of amides is 1. The number of aliphatic hydroxyl groups is 2. The summed E-state index contributed by atoms with van der Waals surface area (Å²) in [5, 5.41) is 23.5. The molecule has 522 valence electrons. The maximum atomic E-state index is 12.6. The molecule has 0 aliphatic carbocycles. The first kappa shape index (κ1) is 86.3. The summed E-state index contributed by atoms with van der Waals surface area (Å²) in [6, 6.07) is -0.543. The number of carbonyl (C=O) groups is 2. The number of ether oxygens (including phenoxy) is 1. The third-order valence-corrected chi connectivity index (χ3v) is 19.2. The van der Waals surface area contributed by atoms with Crippen LogP contribution in [0.25, 0.3) is 0 Å². The van der Waals surface area contributed by atoms with Crippen molar-refractivity contribution in [3.05, 3.63) is 24.3 Å². The smallest absolute Gasteiger partial charge is 0.305 e. The molecule has 88 heavy (non-hydrogen) atoms. The highest BCUT2D eigenvalue weighted by Crippen LogP contribution is 2.20. The summed E-state index contributed by atoms with van der Waals surface area (Å²) in [4.78, 5) is 24.7. The van der Waals surface area contributed by atoms with E-state index in [1.807, 2.05) is 0 Å². The van der Waals surface area contributed by atoms with Gasteiger partial charge in [0.2, 0.25) is 5.91 Å². The number of carbonyl (C=O) groups excluding carboxylic acids is 2. The Morgan fingerprint density at radius 3 is 0.807 bits per heavy atom. The zero-order valence-corrected chi connectivity index (χ0v) is 60.0. The summed E-state index contributed by atoms with van der Waals surface area (Å²) in [5.74, 6) is -0.0124. The van der Waals surface area contributed by atoms with Gasteiger partial charge in [-0.05, 0) is 77.0 Å². The van der Waals surface area contributed by atoms with Crippen molar-refractivity contribution < 1.29 is 24.5 Å². The molecule has 0 aliphatic heterocycles. The number of aliphatic hydroxyl groups excluding tert-OH is 2. The van der Waals surface area contributed by atoms with Crippen LogP contribution >= 0.6 is 0 Å². The average molecular weight is 1240 g/mol. The van der Waals surface area contributed by atoms with Gasteiger partial charge in [0, 0.05) is 12.8 Å². The molecule has 0 aromatic rings. The molecule has 0 aromatic heterocycles. The fraction of sp³-hybridized carbons (Fsp3) is 0.927. The molecule has 0 fully saturated rings. The van der Waals surface area contributed by atoms with Crippen LogP contribution in [0.1, 0.15) is 463 Å². The minimum Gasteiger partial charge on any atom is -0.466 e. The third-order valence-electron chi connectivity index (χ3n) is 19.2. The van der Waals surface area contributed by atoms with E-state index in [1.54, 1.807) is 0 Å². The molecule has 2 unspecified atom stereocenters. The molecule has 2 atom stereocenters. The van der Waals surface area contributed by atoms with Crippen LogP contribution in [0, 0.1) is 0 Å². The monoisotopic (exact) mass is 1240 g/mol. The lowest BCUT2D eigenvalue weighted by atomic mass is 10.0. The molecule has 6 heteroatoms. The van der Waals surface area contributed by atoms with Gasteiger partial charge in [-0.15, -0.1) is 0 Å². The van der Waals surface area contributed by atoms with Gasteiger partial charge < -0.3 is 20.3 Å². The summed E-state index contributed by atoms with van der Waals surface area (Å²) >= 11 is 0. The molecule has 0 radical (unpaired) electrons. The number of esters is 1. The first-order valence-electron chi connectivity index (χ1n) is 40.6. The van der Waals surface area contributed by atoms with Crippen molar-refractivity contribution in [1.29, 1.82) is 0 Å². The molecular formula is C82H159NO5. The number of allylic oxidation sites excluding steroid dienone is 4. The molecule has 6 nitrogen and oxygen atoms in total. The van der Waals surface area contributed by atoms with E-state index in [0.29, 0.717) is 25.9 Å². The average Bonchev–Trinajstić information content (AvgIpc) is 3.55. The number of hydrogen-bond donors (Lipinski definition) is 3. The SMILES string of the molecule is CCCCCCCC/C=C\CCCCCCCCCCCC(=O)OCCCCCCCCCCCCCC/C=C\CCCCCCCCCCCCCCC(=O)NC(CO)C(O)CCCCCCCCCCCCCCCCCCCCCCCCCC. The molecule has 3 N–H and O–H groups in total. The van der Waals surface area contributed by atoms with E-state index in [2.05, 4.69) is 43.5 Å². The first-order valence-corrected chi connectivity index (χ1v) is 40.6. The van der Waals surface area contributed by atoms with Crippen LogP contribution in [0.5, 0.6) is 0 Å². The van der Waals surface area contributed by atoms with E-state index >= 15 is 0 Å². The summed E-state index contributed by atoms with van der Waals surface area (Å²) in [7, 11) is 0. The molecule has 0 bridgehead atoms. The quantitative estimate of drug-likeness (QED) is 0.0320. The molecular weight excluding hydrogens is 1080 g/mol. The topological polar surface area (TPSA) is 95.9 Å². The minimum atomic E-state index is -0.666. The van der Waals surface area contributed by atoms with Gasteiger partial charge in [-0.3, -0.25) is 9.59 Å². The zero-order chi connectivity index (χ0) is 63.5. The zero-order valence-electron chi connectivity index (χ0n) is 60.0. The van der Waals surface area contributed by atoms with Crippen LogP contribution < -0.4 is 5.32 Å². The van der Waals surface area contributed by atoms with Crippen LogP contribution in [-0.4, -0.2) is 47.4 Å². The number of unbranched alkanes of at least 4 members (excludes halogenated alkanes) is 62. The fourth-order valence-electron chi connectivity index (χ4n) is 13.0. The van der Waals surface area contributed by atoms with Crippen molar-refractivity contribution in [2.75, 3.05) is 13.2 Å². The molecule has 1 amide bonds. The van der Waals surface area contributed by atoms with E-state index in [-0.39, 0.29) is 18.5 Å². The Hall–Kier alpha value is -1.66. The maximum absolute atomic E-state index is 12.6. The van der Waals surface area contributed by atoms with Crippen LogP contribution in [0.15, 0.2) is 24.3 Å². The van der Waals surface area contributed by atoms with E-state index in [0.717, 1.165) is 38.5 Å². The van der Waals surface area contributed by atoms with Crippen LogP contribution in [-0.2, 0) is 14.3 Å². The van der Waals surface area contributed by atoms with Crippen LogP contribution in [0.4, 0.5) is 0 Å². The van der Waals surface area contributed by atoms with Gasteiger partial charge in [0.1, 0.15) is 0 Å². The van der Waals surface area contributed by atoms with Crippen LogP contribution in [0.3, 0.4) is 0 Å². The number of rotatable bonds is 77. The van der Waals surface area contributed by atoms with Crippen molar-refractivity contribution in [2.45, 2.75) is 475 Å². The Balaban J connectivity index is 3.36. The molecule has 0 aromatic carbocycles. The van der Waals surface area contributed by atoms with Crippen LogP contribution in [0.2, 0.25) is 0 Å². The highest BCUT2D eigenvalue weighted by molar-refractivity contribution is 5.76. The second-order valence-electron chi connectivity index (χ2n) is 28.1. The number of hydrogen-bond acceptors (Lipinski definition) is 5. The lowest BCUT2D eigenvalue weighted by molar-refractivity contribution is -0.143. The van der Waals surface area contributed by atoms with Gasteiger partial charge in [0.05, 0.1) is 25.4 Å². The van der Waals surface area contributed by atoms with Gasteiger partial charge in [-0.2, -0.15) is 0 Å². The normalized spacial score (nSPS) is 12.5. The molecule has 0 saturated heterocycles. The van der Waals surface area contributed by atoms with Crippen molar-refractivity contribution in [1.82, 2.24) is 5.32 Å². The van der Waals surface area contributed by atoms with E-state index in [9.17, 15) is 19.8 Å². The molecule has 0 saturated carbocycles. The largest absolute Gasteiger partial charge is 0.466 e. The maximum Gasteiger partial charge on any atom is 0.305 e. The standard InChI is InChI=1S/C82H159NO5/c1-3-5-7-9-11-13-15-17-19-21-23-24-25-32-35-39-42-46-50-54-58-62-66-70-74-80(85)79(78-84)83-81(86)75-71-67-63-59-55-51-47-43-40-36-33-30-28-26-27-29-31-34-37-41-45-49-53-57-61-65-69-73-77-88-82(87)76-72-68-64-60-56-52-48-44-38-22-20-18-16-14-12-10-8-6-4-2/h18,20,26-27,79-80,84-85H,3-17,19,21-25,28-78H2,1-2H3,(H,83,86)/b20-18-,27-26-.